The van der Waals surface area contributed by atoms with E-state index in [1.165, 1.54) is 0 Å². The van der Waals surface area contributed by atoms with Crippen molar-refractivity contribution in [3.8, 4) is 16.2 Å². The van der Waals surface area contributed by atoms with E-state index in [0.717, 1.165) is 41.1 Å². The van der Waals surface area contributed by atoms with E-state index in [2.05, 4.69) is 10.6 Å². The molecule has 2 N–H and O–H groups in total. The van der Waals surface area contributed by atoms with Crippen LogP contribution in [0.5, 0.6) is 5.75 Å². The third-order valence-corrected chi connectivity index (χ3v) is 6.84. The van der Waals surface area contributed by atoms with E-state index in [4.69, 9.17) is 23.9 Å². The number of thiazole rings is 1. The Bertz CT molecular complexity index is 1000. The summed E-state index contributed by atoms with van der Waals surface area (Å²) in [5.74, 6) is 0.994. The summed E-state index contributed by atoms with van der Waals surface area (Å²) in [5.41, 5.74) is 1.49. The molecule has 1 saturated carbocycles. The zero-order valence-electron chi connectivity index (χ0n) is 21.7. The minimum Gasteiger partial charge on any atom is -0.490 e. The number of anilines is 1. The van der Waals surface area contributed by atoms with Crippen molar-refractivity contribution in [2.24, 2.45) is 0 Å². The van der Waals surface area contributed by atoms with E-state index >= 15 is 0 Å². The standard InChI is InChI=1S/C26H37N3O6S/c1-16(2)34-25(30)28-19-8-6-18(7-9-19)24-27-15-23(36-24)21-11-10-20(29-26(31)35-17(3)4)14-22(21)33-13-12-32-5/h10-11,14-19H,6-9,12-13H2,1-5H3,(H,28,30)(H,29,31)/t18-,19-. The van der Waals surface area contributed by atoms with E-state index in [-0.39, 0.29) is 24.3 Å². The van der Waals surface area contributed by atoms with Gasteiger partial charge in [-0.1, -0.05) is 0 Å². The Hall–Kier alpha value is -2.85. The molecule has 1 aliphatic carbocycles. The van der Waals surface area contributed by atoms with E-state index in [1.807, 2.05) is 32.2 Å². The first-order valence-electron chi connectivity index (χ1n) is 12.4. The molecule has 1 aromatic carbocycles. The van der Waals surface area contributed by atoms with Crippen LogP contribution >= 0.6 is 11.3 Å². The van der Waals surface area contributed by atoms with Crippen molar-refractivity contribution in [3.63, 3.8) is 0 Å². The van der Waals surface area contributed by atoms with Gasteiger partial charge < -0.3 is 24.3 Å². The number of nitrogens with one attached hydrogen (secondary N) is 2. The maximum Gasteiger partial charge on any atom is 0.411 e. The van der Waals surface area contributed by atoms with Crippen LogP contribution in [0.2, 0.25) is 0 Å². The number of methoxy groups -OCH3 is 1. The van der Waals surface area contributed by atoms with Crippen LogP contribution < -0.4 is 15.4 Å². The van der Waals surface area contributed by atoms with Crippen LogP contribution in [0.4, 0.5) is 15.3 Å². The van der Waals surface area contributed by atoms with Crippen molar-refractivity contribution in [2.45, 2.75) is 77.5 Å². The highest BCUT2D eigenvalue weighted by atomic mass is 32.1. The Morgan fingerprint density at radius 3 is 2.39 bits per heavy atom. The third kappa shape index (κ3) is 8.37. The number of benzene rings is 1. The van der Waals surface area contributed by atoms with Crippen LogP contribution in [0.3, 0.4) is 0 Å². The highest BCUT2D eigenvalue weighted by Gasteiger charge is 2.26. The van der Waals surface area contributed by atoms with Crippen molar-refractivity contribution in [2.75, 3.05) is 25.6 Å². The molecule has 1 aliphatic rings. The van der Waals surface area contributed by atoms with Crippen LogP contribution in [0.25, 0.3) is 10.4 Å². The second-order valence-corrected chi connectivity index (χ2v) is 10.4. The lowest BCUT2D eigenvalue weighted by Crippen LogP contribution is -2.38. The van der Waals surface area contributed by atoms with E-state index < -0.39 is 6.09 Å². The van der Waals surface area contributed by atoms with Crippen LogP contribution in [-0.4, -0.2) is 55.7 Å². The summed E-state index contributed by atoms with van der Waals surface area (Å²) < 4.78 is 21.5. The highest BCUT2D eigenvalue weighted by molar-refractivity contribution is 7.15. The molecule has 36 heavy (non-hydrogen) atoms. The largest absolute Gasteiger partial charge is 0.490 e. The van der Waals surface area contributed by atoms with Gasteiger partial charge in [-0.05, 0) is 65.5 Å². The van der Waals surface area contributed by atoms with Gasteiger partial charge in [0.05, 0.1) is 28.7 Å². The molecule has 0 aliphatic heterocycles. The fourth-order valence-electron chi connectivity index (χ4n) is 4.02. The van der Waals surface area contributed by atoms with E-state index in [9.17, 15) is 9.59 Å². The molecular formula is C26H37N3O6S. The maximum absolute atomic E-state index is 12.0. The van der Waals surface area contributed by atoms with Gasteiger partial charge in [0.15, 0.2) is 0 Å². The van der Waals surface area contributed by atoms with E-state index in [1.54, 1.807) is 38.4 Å². The first kappa shape index (κ1) is 27.7. The Balaban J connectivity index is 1.67. The average Bonchev–Trinajstić information content (AvgIpc) is 3.29. The number of hydrogen-bond acceptors (Lipinski definition) is 8. The molecule has 0 spiro atoms. The van der Waals surface area contributed by atoms with Crippen molar-refractivity contribution >= 4 is 29.2 Å². The normalized spacial score (nSPS) is 17.6. The number of aromatic nitrogens is 1. The third-order valence-electron chi connectivity index (χ3n) is 5.65. The van der Waals surface area contributed by atoms with Crippen LogP contribution in [0.1, 0.15) is 64.3 Å². The molecule has 0 atom stereocenters. The maximum atomic E-state index is 12.0. The van der Waals surface area contributed by atoms with E-state index in [0.29, 0.717) is 30.6 Å². The van der Waals surface area contributed by atoms with Crippen molar-refractivity contribution < 1.29 is 28.5 Å². The lowest BCUT2D eigenvalue weighted by atomic mass is 9.86. The first-order chi connectivity index (χ1) is 17.2. The Kier molecular flexibility index (Phi) is 10.4. The highest BCUT2D eigenvalue weighted by Crippen LogP contribution is 2.41. The summed E-state index contributed by atoms with van der Waals surface area (Å²) in [6.45, 7) is 8.11. The summed E-state index contributed by atoms with van der Waals surface area (Å²) in [7, 11) is 1.62. The molecule has 0 bridgehead atoms. The second-order valence-electron chi connectivity index (χ2n) is 9.34. The SMILES string of the molecule is COCCOc1cc(NC(=O)OC(C)C)ccc1-c1cnc([C@H]2CC[C@H](NC(=O)OC(C)C)CC2)s1. The summed E-state index contributed by atoms with van der Waals surface area (Å²) in [6, 6.07) is 5.67. The molecule has 2 aromatic rings. The monoisotopic (exact) mass is 519 g/mol. The predicted molar refractivity (Wildman–Crippen MR) is 140 cm³/mol. The molecule has 0 saturated heterocycles. The van der Waals surface area contributed by atoms with Crippen molar-refractivity contribution in [1.82, 2.24) is 10.3 Å². The molecule has 1 fully saturated rings. The summed E-state index contributed by atoms with van der Waals surface area (Å²) in [6.07, 6.45) is 4.38. The smallest absolute Gasteiger partial charge is 0.411 e. The molecule has 10 heteroatoms. The predicted octanol–water partition coefficient (Wildman–Crippen LogP) is 5.95. The number of nitrogens with zero attached hydrogens (tertiary/aromatic N) is 1. The zero-order valence-corrected chi connectivity index (χ0v) is 22.5. The molecule has 2 amide bonds. The minimum atomic E-state index is -0.511. The molecule has 1 heterocycles. The quantitative estimate of drug-likeness (QED) is 0.373. The summed E-state index contributed by atoms with van der Waals surface area (Å²) >= 11 is 1.65. The number of amides is 2. The summed E-state index contributed by atoms with van der Waals surface area (Å²) in [5, 5.41) is 6.80. The lowest BCUT2D eigenvalue weighted by Gasteiger charge is -2.28. The topological polar surface area (TPSA) is 108 Å². The lowest BCUT2D eigenvalue weighted by molar-refractivity contribution is 0.109. The van der Waals surface area contributed by atoms with Gasteiger partial charge in [0.1, 0.15) is 12.4 Å². The van der Waals surface area contributed by atoms with Crippen LogP contribution in [0.15, 0.2) is 24.4 Å². The molecule has 3 rings (SSSR count). The van der Waals surface area contributed by atoms with Gasteiger partial charge in [-0.3, -0.25) is 5.32 Å². The Morgan fingerprint density at radius 1 is 1.03 bits per heavy atom. The van der Waals surface area contributed by atoms with Crippen LogP contribution in [-0.2, 0) is 14.2 Å². The van der Waals surface area contributed by atoms with Gasteiger partial charge in [-0.15, -0.1) is 11.3 Å². The molecular weight excluding hydrogens is 482 g/mol. The first-order valence-corrected chi connectivity index (χ1v) is 13.2. The summed E-state index contributed by atoms with van der Waals surface area (Å²) in [4.78, 5) is 29.6. The number of ether oxygens (including phenoxy) is 4. The Morgan fingerprint density at radius 2 is 1.72 bits per heavy atom. The number of rotatable bonds is 10. The molecule has 0 radical (unpaired) electrons. The molecule has 9 nitrogen and oxygen atoms in total. The number of carbonyl (C=O) groups is 2. The minimum absolute atomic E-state index is 0.128. The van der Waals surface area contributed by atoms with Gasteiger partial charge in [-0.25, -0.2) is 14.6 Å². The van der Waals surface area contributed by atoms with Gasteiger partial charge >= 0.3 is 12.2 Å². The van der Waals surface area contributed by atoms with Gasteiger partial charge in [0.2, 0.25) is 0 Å². The average molecular weight is 520 g/mol. The van der Waals surface area contributed by atoms with Gasteiger partial charge in [-0.2, -0.15) is 0 Å². The number of alkyl carbamates (subject to hydrolysis) is 1. The Labute approximate surface area is 216 Å². The number of hydrogen-bond donors (Lipinski definition) is 2. The molecule has 1 aromatic heterocycles. The van der Waals surface area contributed by atoms with Crippen molar-refractivity contribution in [3.05, 3.63) is 29.4 Å². The second kappa shape index (κ2) is 13.5. The van der Waals surface area contributed by atoms with Gasteiger partial charge in [0, 0.05) is 42.6 Å². The van der Waals surface area contributed by atoms with Crippen molar-refractivity contribution in [1.29, 1.82) is 0 Å². The van der Waals surface area contributed by atoms with Crippen LogP contribution in [0, 0.1) is 0 Å². The fourth-order valence-corrected chi connectivity index (χ4v) is 5.14. The zero-order chi connectivity index (χ0) is 26.1. The van der Waals surface area contributed by atoms with Gasteiger partial charge in [0.25, 0.3) is 0 Å². The fraction of sp³-hybridized carbons (Fsp3) is 0.577. The molecule has 0 unspecified atom stereocenters. The number of carbonyl (C=O) groups excluding carboxylic acids is 2. The molecule has 198 valence electrons.